The lowest BCUT2D eigenvalue weighted by atomic mass is 9.75. The van der Waals surface area contributed by atoms with Gasteiger partial charge in [-0.25, -0.2) is 14.2 Å². The lowest BCUT2D eigenvalue weighted by molar-refractivity contribution is 0.128. The largest absolute Gasteiger partial charge is 0.325 e. The van der Waals surface area contributed by atoms with Crippen LogP contribution in [0.1, 0.15) is 60.1 Å². The fraction of sp³-hybridized carbons (Fsp3) is 0.542. The summed E-state index contributed by atoms with van der Waals surface area (Å²) in [5, 5.41) is 17.0. The maximum atomic E-state index is 15.5. The third-order valence-corrected chi connectivity index (χ3v) is 6.52. The number of urea groups is 1. The minimum atomic E-state index is -0.526. The molecule has 0 unspecified atom stereocenters. The number of hydrogen-bond acceptors (Lipinski definition) is 5. The number of carbonyl (C=O) groups is 1. The van der Waals surface area contributed by atoms with Crippen LogP contribution >= 0.6 is 0 Å². The topological polar surface area (TPSA) is 105 Å². The first-order valence-electron chi connectivity index (χ1n) is 11.6. The number of likely N-dealkylation sites (tertiary alicyclic amines) is 1. The van der Waals surface area contributed by atoms with E-state index in [9.17, 15) is 4.79 Å². The molecule has 2 N–H and O–H groups in total. The Morgan fingerprint density at radius 1 is 1.15 bits per heavy atom. The van der Waals surface area contributed by atoms with Crippen molar-refractivity contribution < 1.29 is 9.18 Å². The Balaban J connectivity index is 1.61. The summed E-state index contributed by atoms with van der Waals surface area (Å²) in [7, 11) is 0. The van der Waals surface area contributed by atoms with Crippen LogP contribution in [0.15, 0.2) is 24.7 Å². The van der Waals surface area contributed by atoms with Crippen molar-refractivity contribution >= 4 is 11.7 Å². The van der Waals surface area contributed by atoms with Crippen LogP contribution in [0, 0.1) is 17.2 Å². The predicted molar refractivity (Wildman–Crippen MR) is 128 cm³/mol. The number of hydrogen-bond donors (Lipinski definition) is 2. The normalized spacial score (nSPS) is 15.6. The number of imidazole rings is 1. The molecule has 1 aromatic carbocycles. The second kappa shape index (κ2) is 8.81. The van der Waals surface area contributed by atoms with Gasteiger partial charge in [0.2, 0.25) is 5.82 Å². The van der Waals surface area contributed by atoms with E-state index in [2.05, 4.69) is 51.7 Å². The molecule has 0 atom stereocenters. The van der Waals surface area contributed by atoms with E-state index in [-0.39, 0.29) is 28.4 Å². The highest BCUT2D eigenvalue weighted by atomic mass is 19.1. The summed E-state index contributed by atoms with van der Waals surface area (Å²) >= 11 is 0. The highest BCUT2D eigenvalue weighted by Gasteiger charge is 2.30. The Hall–Kier alpha value is -3.30. The van der Waals surface area contributed by atoms with Gasteiger partial charge in [0.15, 0.2) is 0 Å². The lowest BCUT2D eigenvalue weighted by Gasteiger charge is -2.38. The fourth-order valence-electron chi connectivity index (χ4n) is 4.36. The van der Waals surface area contributed by atoms with Crippen molar-refractivity contribution in [2.75, 3.05) is 18.4 Å². The second-order valence-electron chi connectivity index (χ2n) is 11.1. The quantitative estimate of drug-likeness (QED) is 0.576. The number of carbonyl (C=O) groups excluding carboxylic acids is 1. The summed E-state index contributed by atoms with van der Waals surface area (Å²) < 4.78 is 17.1. The number of piperidine rings is 1. The van der Waals surface area contributed by atoms with Crippen molar-refractivity contribution in [3.8, 4) is 17.1 Å². The van der Waals surface area contributed by atoms with E-state index in [1.165, 1.54) is 6.07 Å². The van der Waals surface area contributed by atoms with Crippen molar-refractivity contribution in [3.05, 3.63) is 36.2 Å². The molecule has 2 aromatic heterocycles. The molecule has 0 spiro atoms. The summed E-state index contributed by atoms with van der Waals surface area (Å²) in [5.41, 5.74) is 1.83. The van der Waals surface area contributed by atoms with Crippen molar-refractivity contribution in [2.24, 2.45) is 11.3 Å². The molecule has 1 aliphatic heterocycles. The molecule has 0 aliphatic carbocycles. The maximum absolute atomic E-state index is 15.5. The fourth-order valence-corrected chi connectivity index (χ4v) is 4.36. The molecule has 1 aliphatic rings. The van der Waals surface area contributed by atoms with Crippen LogP contribution in [0.4, 0.5) is 14.9 Å². The molecule has 3 heterocycles. The van der Waals surface area contributed by atoms with E-state index < -0.39 is 5.82 Å². The minimum Gasteiger partial charge on any atom is -0.325 e. The van der Waals surface area contributed by atoms with E-state index in [1.54, 1.807) is 28.1 Å². The minimum absolute atomic E-state index is 0.192. The number of rotatable bonds is 3. The van der Waals surface area contributed by atoms with Gasteiger partial charge in [0.25, 0.3) is 0 Å². The Labute approximate surface area is 199 Å². The zero-order chi connectivity index (χ0) is 24.7. The third kappa shape index (κ3) is 4.95. The molecular weight excluding hydrogens is 435 g/mol. The average molecular weight is 469 g/mol. The van der Waals surface area contributed by atoms with E-state index in [0.717, 1.165) is 18.5 Å². The van der Waals surface area contributed by atoms with Crippen LogP contribution in [0.5, 0.6) is 0 Å². The number of H-pyrrole nitrogens is 1. The van der Waals surface area contributed by atoms with E-state index in [0.29, 0.717) is 30.3 Å². The summed E-state index contributed by atoms with van der Waals surface area (Å²) in [6, 6.07) is 2.74. The van der Waals surface area contributed by atoms with Crippen LogP contribution in [0.2, 0.25) is 0 Å². The number of aromatic nitrogens is 6. The Bertz CT molecular complexity index is 1150. The summed E-state index contributed by atoms with van der Waals surface area (Å²) in [6.45, 7) is 14.2. The number of amides is 2. The van der Waals surface area contributed by atoms with E-state index in [1.807, 2.05) is 20.8 Å². The highest BCUT2D eigenvalue weighted by molar-refractivity contribution is 5.91. The SMILES string of the molecule is CC(C)(C)c1cn(-c2c(F)cc(NC(=O)N3CCC(C(C)(C)C)CC3)cc2-c2nn[nH]n2)cn1. The monoisotopic (exact) mass is 468 g/mol. The Morgan fingerprint density at radius 3 is 2.41 bits per heavy atom. The van der Waals surface area contributed by atoms with Gasteiger partial charge >= 0.3 is 6.03 Å². The van der Waals surface area contributed by atoms with Gasteiger partial charge in [0, 0.05) is 30.4 Å². The van der Waals surface area contributed by atoms with Gasteiger partial charge < -0.3 is 14.8 Å². The van der Waals surface area contributed by atoms with Gasteiger partial charge in [-0.3, -0.25) is 0 Å². The first-order chi connectivity index (χ1) is 15.9. The molecule has 1 fully saturated rings. The van der Waals surface area contributed by atoms with Crippen molar-refractivity contribution in [2.45, 2.75) is 59.8 Å². The molecule has 9 nitrogen and oxygen atoms in total. The average Bonchev–Trinajstić information content (AvgIpc) is 3.45. The number of tetrazole rings is 1. The van der Waals surface area contributed by atoms with Crippen LogP contribution in [-0.4, -0.2) is 54.2 Å². The van der Waals surface area contributed by atoms with Crippen molar-refractivity contribution in [1.29, 1.82) is 0 Å². The second-order valence-corrected chi connectivity index (χ2v) is 11.1. The molecule has 2 amide bonds. The van der Waals surface area contributed by atoms with Crippen LogP contribution in [0.3, 0.4) is 0 Å². The van der Waals surface area contributed by atoms with Gasteiger partial charge in [-0.15, -0.1) is 10.2 Å². The zero-order valence-corrected chi connectivity index (χ0v) is 20.7. The number of benzene rings is 1. The standard InChI is InChI=1S/C24H33FN8O/c1-23(2,3)15-7-9-32(10-8-15)22(34)27-16-11-17(21-28-30-31-29-21)20(18(25)12-16)33-13-19(26-14-33)24(4,5)6/h11-15H,7-10H2,1-6H3,(H,27,34)(H,28,29,30,31). The molecule has 182 valence electrons. The zero-order valence-electron chi connectivity index (χ0n) is 20.7. The number of nitrogens with one attached hydrogen (secondary N) is 2. The van der Waals surface area contributed by atoms with Crippen LogP contribution < -0.4 is 5.32 Å². The molecule has 0 bridgehead atoms. The summed E-state index contributed by atoms with van der Waals surface area (Å²) in [6.07, 6.45) is 5.27. The van der Waals surface area contributed by atoms with Gasteiger partial charge in [-0.05, 0) is 41.5 Å². The molecule has 10 heteroatoms. The van der Waals surface area contributed by atoms with Gasteiger partial charge in [-0.1, -0.05) is 41.5 Å². The molecule has 3 aromatic rings. The lowest BCUT2D eigenvalue weighted by Crippen LogP contribution is -2.43. The Kier molecular flexibility index (Phi) is 6.18. The predicted octanol–water partition coefficient (Wildman–Crippen LogP) is 4.78. The molecular formula is C24H33FN8O. The third-order valence-electron chi connectivity index (χ3n) is 6.52. The number of aromatic amines is 1. The molecule has 34 heavy (non-hydrogen) atoms. The number of nitrogens with zero attached hydrogens (tertiary/aromatic N) is 6. The Morgan fingerprint density at radius 2 is 1.85 bits per heavy atom. The number of anilines is 1. The van der Waals surface area contributed by atoms with Crippen LogP contribution in [0.25, 0.3) is 17.1 Å². The summed E-state index contributed by atoms with van der Waals surface area (Å²) in [5.74, 6) is 0.273. The van der Waals surface area contributed by atoms with E-state index >= 15 is 4.39 Å². The molecule has 4 rings (SSSR count). The van der Waals surface area contributed by atoms with Crippen LogP contribution in [-0.2, 0) is 5.41 Å². The maximum Gasteiger partial charge on any atom is 0.321 e. The highest BCUT2D eigenvalue weighted by Crippen LogP contribution is 2.35. The number of halogens is 1. The molecule has 0 radical (unpaired) electrons. The van der Waals surface area contributed by atoms with E-state index in [4.69, 9.17) is 0 Å². The van der Waals surface area contributed by atoms with Gasteiger partial charge in [0.1, 0.15) is 5.82 Å². The molecule has 0 saturated carbocycles. The smallest absolute Gasteiger partial charge is 0.321 e. The van der Waals surface area contributed by atoms with Crippen molar-refractivity contribution in [3.63, 3.8) is 0 Å². The molecule has 1 saturated heterocycles. The van der Waals surface area contributed by atoms with Crippen molar-refractivity contribution in [1.82, 2.24) is 35.1 Å². The first-order valence-corrected chi connectivity index (χ1v) is 11.6. The summed E-state index contributed by atoms with van der Waals surface area (Å²) in [4.78, 5) is 19.2. The first kappa shape index (κ1) is 23.8. The van der Waals surface area contributed by atoms with Gasteiger partial charge in [-0.2, -0.15) is 5.21 Å². The van der Waals surface area contributed by atoms with Gasteiger partial charge in [0.05, 0.1) is 23.3 Å².